The molecule has 1 aliphatic rings. The molecular weight excluding hydrogens is 426 g/mol. The van der Waals surface area contributed by atoms with Crippen LogP contribution in [0.2, 0.25) is 0 Å². The van der Waals surface area contributed by atoms with Gasteiger partial charge in [-0.05, 0) is 50.3 Å². The van der Waals surface area contributed by atoms with E-state index in [4.69, 9.17) is 0 Å². The number of nitrogens with zero attached hydrogens (tertiary/aromatic N) is 2. The lowest BCUT2D eigenvalue weighted by atomic mass is 10.1. The van der Waals surface area contributed by atoms with Crippen LogP contribution >= 0.6 is 0 Å². The van der Waals surface area contributed by atoms with E-state index in [2.05, 4.69) is 5.32 Å². The average molecular weight is 458 g/mol. The largest absolute Gasteiger partial charge is 0.355 e. The zero-order chi connectivity index (χ0) is 24.2. The van der Waals surface area contributed by atoms with Gasteiger partial charge in [0.15, 0.2) is 0 Å². The fraction of sp³-hybridized carbons (Fsp3) is 0.321. The number of aryl methyl sites for hydroxylation is 1. The van der Waals surface area contributed by atoms with Crippen molar-refractivity contribution in [3.05, 3.63) is 77.4 Å². The predicted octanol–water partition coefficient (Wildman–Crippen LogP) is 4.44. The van der Waals surface area contributed by atoms with Crippen molar-refractivity contribution in [3.8, 4) is 0 Å². The second kappa shape index (κ2) is 10.1. The van der Waals surface area contributed by atoms with Gasteiger partial charge in [0.2, 0.25) is 11.8 Å². The lowest BCUT2D eigenvalue weighted by Crippen LogP contribution is -2.47. The summed E-state index contributed by atoms with van der Waals surface area (Å²) in [5.41, 5.74) is 3.71. The van der Waals surface area contributed by atoms with E-state index in [9.17, 15) is 14.4 Å². The molecule has 0 fully saturated rings. The first-order chi connectivity index (χ1) is 16.4. The lowest BCUT2D eigenvalue weighted by Gasteiger charge is -2.29. The van der Waals surface area contributed by atoms with Crippen LogP contribution in [-0.4, -0.2) is 41.8 Å². The topological polar surface area (TPSA) is 69.7 Å². The average Bonchev–Trinajstić information content (AvgIpc) is 3.10. The van der Waals surface area contributed by atoms with Crippen LogP contribution in [0.15, 0.2) is 60.7 Å². The van der Waals surface area contributed by atoms with E-state index in [-0.39, 0.29) is 24.1 Å². The summed E-state index contributed by atoms with van der Waals surface area (Å²) in [7, 11) is 0. The van der Waals surface area contributed by atoms with Gasteiger partial charge < -0.3 is 15.1 Å². The molecule has 4 rings (SSSR count). The molecule has 1 N–H and O–H groups in total. The standard InChI is InChI=1S/C28H31N3O3/c1-4-29-27(33)20(3)31(18-21-10-5-9-19(2)17-21)25(32)15-8-16-30-24-14-7-12-22-11-6-13-23(26(22)24)28(30)34/h5-7,9-14,17,20H,4,8,15-16,18H2,1-3H3,(H,29,33)/t20-/m1/s1. The monoisotopic (exact) mass is 457 g/mol. The Kier molecular flexibility index (Phi) is 6.96. The van der Waals surface area contributed by atoms with Gasteiger partial charge in [-0.25, -0.2) is 0 Å². The van der Waals surface area contributed by atoms with Crippen molar-refractivity contribution < 1.29 is 14.4 Å². The Morgan fingerprint density at radius 3 is 2.53 bits per heavy atom. The smallest absolute Gasteiger partial charge is 0.258 e. The van der Waals surface area contributed by atoms with Crippen LogP contribution < -0.4 is 10.2 Å². The van der Waals surface area contributed by atoms with Crippen molar-refractivity contribution in [2.45, 2.75) is 46.2 Å². The number of hydrogen-bond donors (Lipinski definition) is 1. The van der Waals surface area contributed by atoms with E-state index in [1.165, 1.54) is 0 Å². The minimum atomic E-state index is -0.584. The van der Waals surface area contributed by atoms with Crippen molar-refractivity contribution in [1.82, 2.24) is 10.2 Å². The highest BCUT2D eigenvalue weighted by Crippen LogP contribution is 2.37. The maximum absolute atomic E-state index is 13.3. The first kappa shape index (κ1) is 23.5. The molecule has 6 heteroatoms. The molecule has 6 nitrogen and oxygen atoms in total. The molecule has 0 bridgehead atoms. The number of amides is 3. The Labute approximate surface area is 200 Å². The van der Waals surface area contributed by atoms with E-state index < -0.39 is 6.04 Å². The summed E-state index contributed by atoms with van der Waals surface area (Å²) < 4.78 is 0. The Morgan fingerprint density at radius 2 is 1.79 bits per heavy atom. The van der Waals surface area contributed by atoms with Crippen molar-refractivity contribution in [2.24, 2.45) is 0 Å². The number of anilines is 1. The minimum absolute atomic E-state index is 0.0217. The van der Waals surface area contributed by atoms with Gasteiger partial charge in [0.25, 0.3) is 5.91 Å². The van der Waals surface area contributed by atoms with Crippen LogP contribution in [0.4, 0.5) is 5.69 Å². The fourth-order valence-corrected chi connectivity index (χ4v) is 4.64. The Morgan fingerprint density at radius 1 is 1.06 bits per heavy atom. The van der Waals surface area contributed by atoms with Gasteiger partial charge in [-0.15, -0.1) is 0 Å². The summed E-state index contributed by atoms with van der Waals surface area (Å²) in [6, 6.07) is 19.1. The highest BCUT2D eigenvalue weighted by Gasteiger charge is 2.30. The van der Waals surface area contributed by atoms with Crippen LogP contribution in [-0.2, 0) is 16.1 Å². The molecule has 0 aliphatic carbocycles. The van der Waals surface area contributed by atoms with E-state index in [1.807, 2.05) is 74.5 Å². The summed E-state index contributed by atoms with van der Waals surface area (Å²) >= 11 is 0. The molecule has 176 valence electrons. The second-order valence-electron chi connectivity index (χ2n) is 8.82. The molecule has 1 aliphatic heterocycles. The third-order valence-corrected chi connectivity index (χ3v) is 6.38. The van der Waals surface area contributed by atoms with Gasteiger partial charge in [-0.3, -0.25) is 14.4 Å². The van der Waals surface area contributed by atoms with Gasteiger partial charge in [0.1, 0.15) is 6.04 Å². The number of benzene rings is 3. The van der Waals surface area contributed by atoms with E-state index in [0.717, 1.165) is 27.6 Å². The van der Waals surface area contributed by atoms with Gasteiger partial charge in [-0.1, -0.05) is 54.1 Å². The molecule has 34 heavy (non-hydrogen) atoms. The van der Waals surface area contributed by atoms with Crippen molar-refractivity contribution >= 4 is 34.2 Å². The van der Waals surface area contributed by atoms with Crippen molar-refractivity contribution in [3.63, 3.8) is 0 Å². The zero-order valence-electron chi connectivity index (χ0n) is 20.0. The maximum Gasteiger partial charge on any atom is 0.258 e. The summed E-state index contributed by atoms with van der Waals surface area (Å²) in [4.78, 5) is 42.2. The molecule has 3 aromatic carbocycles. The van der Waals surface area contributed by atoms with E-state index in [0.29, 0.717) is 31.6 Å². The molecule has 0 saturated heterocycles. The van der Waals surface area contributed by atoms with Crippen molar-refractivity contribution in [2.75, 3.05) is 18.0 Å². The van der Waals surface area contributed by atoms with E-state index in [1.54, 1.807) is 16.7 Å². The Hall–Kier alpha value is -3.67. The molecular formula is C28H31N3O3. The molecule has 3 amide bonds. The number of carbonyl (C=O) groups is 3. The fourth-order valence-electron chi connectivity index (χ4n) is 4.64. The van der Waals surface area contributed by atoms with Gasteiger partial charge in [0, 0.05) is 37.0 Å². The van der Waals surface area contributed by atoms with Crippen molar-refractivity contribution in [1.29, 1.82) is 0 Å². The molecule has 1 heterocycles. The first-order valence-corrected chi connectivity index (χ1v) is 11.9. The number of likely N-dealkylation sites (N-methyl/N-ethyl adjacent to an activating group) is 1. The third kappa shape index (κ3) is 4.67. The normalized spacial score (nSPS) is 13.3. The number of nitrogens with one attached hydrogen (secondary N) is 1. The minimum Gasteiger partial charge on any atom is -0.355 e. The van der Waals surface area contributed by atoms with Gasteiger partial charge in [0.05, 0.1) is 5.69 Å². The quantitative estimate of drug-likeness (QED) is 0.516. The highest BCUT2D eigenvalue weighted by atomic mass is 16.2. The van der Waals surface area contributed by atoms with Gasteiger partial charge in [-0.2, -0.15) is 0 Å². The highest BCUT2D eigenvalue weighted by molar-refractivity contribution is 6.25. The Bertz CT molecular complexity index is 1230. The van der Waals surface area contributed by atoms with Crippen LogP contribution in [0.25, 0.3) is 10.8 Å². The summed E-state index contributed by atoms with van der Waals surface area (Å²) in [6.45, 7) is 6.97. The zero-order valence-corrected chi connectivity index (χ0v) is 20.0. The first-order valence-electron chi connectivity index (χ1n) is 11.9. The number of hydrogen-bond acceptors (Lipinski definition) is 3. The summed E-state index contributed by atoms with van der Waals surface area (Å²) in [6.07, 6.45) is 0.771. The van der Waals surface area contributed by atoms with Crippen LogP contribution in [0.3, 0.4) is 0 Å². The summed E-state index contributed by atoms with van der Waals surface area (Å²) in [5, 5.41) is 4.84. The summed E-state index contributed by atoms with van der Waals surface area (Å²) in [5.74, 6) is -0.283. The second-order valence-corrected chi connectivity index (χ2v) is 8.82. The number of carbonyl (C=O) groups excluding carboxylic acids is 3. The maximum atomic E-state index is 13.3. The predicted molar refractivity (Wildman–Crippen MR) is 135 cm³/mol. The van der Waals surface area contributed by atoms with Gasteiger partial charge >= 0.3 is 0 Å². The molecule has 0 radical (unpaired) electrons. The molecule has 0 saturated carbocycles. The van der Waals surface area contributed by atoms with Crippen LogP contribution in [0.1, 0.15) is 48.2 Å². The lowest BCUT2D eigenvalue weighted by molar-refractivity contribution is -0.140. The van der Waals surface area contributed by atoms with Crippen LogP contribution in [0.5, 0.6) is 0 Å². The molecule has 3 aromatic rings. The molecule has 0 aromatic heterocycles. The number of rotatable bonds is 9. The molecule has 1 atom stereocenters. The third-order valence-electron chi connectivity index (χ3n) is 6.38. The molecule has 0 unspecified atom stereocenters. The molecule has 0 spiro atoms. The SMILES string of the molecule is CCNC(=O)[C@@H](C)N(Cc1cccc(C)c1)C(=O)CCCN1C(=O)c2cccc3cccc1c23. The van der Waals surface area contributed by atoms with E-state index >= 15 is 0 Å². The Balaban J connectivity index is 1.46. The van der Waals surface area contributed by atoms with Crippen LogP contribution in [0, 0.1) is 6.92 Å².